The van der Waals surface area contributed by atoms with Crippen LogP contribution < -0.4 is 10.1 Å². The normalized spacial score (nSPS) is 17.0. The minimum atomic E-state index is -3.62. The third kappa shape index (κ3) is 5.18. The largest absolute Gasteiger partial charge is 0.457 e. The van der Waals surface area contributed by atoms with Gasteiger partial charge in [-0.3, -0.25) is 4.79 Å². The Morgan fingerprint density at radius 3 is 2.28 bits per heavy atom. The number of hydrogen-bond acceptors (Lipinski definition) is 4. The first-order valence-corrected chi connectivity index (χ1v) is 12.1. The van der Waals surface area contributed by atoms with Crippen LogP contribution in [0.3, 0.4) is 0 Å². The molecule has 1 aliphatic rings. The molecular weight excluding hydrogens is 424 g/mol. The summed E-state index contributed by atoms with van der Waals surface area (Å²) in [7, 11) is -3.62. The van der Waals surface area contributed by atoms with E-state index in [0.29, 0.717) is 30.8 Å². The van der Waals surface area contributed by atoms with E-state index in [9.17, 15) is 13.2 Å². The Balaban J connectivity index is 1.38. The Morgan fingerprint density at radius 2 is 1.59 bits per heavy atom. The third-order valence-corrected chi connectivity index (χ3v) is 7.39. The highest BCUT2D eigenvalue weighted by atomic mass is 32.2. The van der Waals surface area contributed by atoms with Crippen LogP contribution in [0.25, 0.3) is 0 Å². The summed E-state index contributed by atoms with van der Waals surface area (Å²) in [6.07, 6.45) is 1.30. The van der Waals surface area contributed by atoms with Gasteiger partial charge in [-0.15, -0.1) is 0 Å². The average molecular weight is 451 g/mol. The van der Waals surface area contributed by atoms with Crippen molar-refractivity contribution in [2.24, 2.45) is 5.92 Å². The molecule has 4 rings (SSSR count). The maximum atomic E-state index is 13.0. The van der Waals surface area contributed by atoms with E-state index in [4.69, 9.17) is 4.74 Å². The Labute approximate surface area is 188 Å². The van der Waals surface area contributed by atoms with Crippen molar-refractivity contribution >= 4 is 21.6 Å². The van der Waals surface area contributed by atoms with E-state index in [0.717, 1.165) is 11.3 Å². The number of ether oxygens (including phenoxy) is 1. The van der Waals surface area contributed by atoms with Crippen LogP contribution in [-0.2, 0) is 14.8 Å². The molecule has 1 N–H and O–H groups in total. The van der Waals surface area contributed by atoms with Crippen LogP contribution in [0.4, 0.5) is 5.69 Å². The van der Waals surface area contributed by atoms with Gasteiger partial charge >= 0.3 is 0 Å². The number of carbonyl (C=O) groups excluding carboxylic acids is 1. The number of anilines is 1. The molecular formula is C25H26N2O4S. The van der Waals surface area contributed by atoms with Crippen LogP contribution in [0.1, 0.15) is 18.4 Å². The van der Waals surface area contributed by atoms with E-state index >= 15 is 0 Å². The van der Waals surface area contributed by atoms with Gasteiger partial charge in [-0.25, -0.2) is 8.42 Å². The molecule has 0 aromatic heterocycles. The summed E-state index contributed by atoms with van der Waals surface area (Å²) in [4.78, 5) is 13.1. The molecule has 3 aromatic carbocycles. The third-order valence-electron chi connectivity index (χ3n) is 5.51. The van der Waals surface area contributed by atoms with Crippen molar-refractivity contribution in [3.05, 3.63) is 84.4 Å². The van der Waals surface area contributed by atoms with Gasteiger partial charge in [-0.2, -0.15) is 4.31 Å². The monoisotopic (exact) mass is 450 g/mol. The van der Waals surface area contributed by atoms with E-state index < -0.39 is 15.9 Å². The number of para-hydroxylation sites is 1. The summed E-state index contributed by atoms with van der Waals surface area (Å²) >= 11 is 0. The quantitative estimate of drug-likeness (QED) is 0.584. The lowest BCUT2D eigenvalue weighted by atomic mass is 9.99. The second-order valence-corrected chi connectivity index (χ2v) is 9.88. The minimum Gasteiger partial charge on any atom is -0.457 e. The number of hydrogen-bond donors (Lipinski definition) is 1. The van der Waals surface area contributed by atoms with Crippen LogP contribution in [-0.4, -0.2) is 31.7 Å². The Kier molecular flexibility index (Phi) is 6.58. The van der Waals surface area contributed by atoms with Crippen molar-refractivity contribution in [1.82, 2.24) is 4.31 Å². The van der Waals surface area contributed by atoms with Crippen molar-refractivity contribution in [2.75, 3.05) is 18.4 Å². The Hall–Kier alpha value is -3.16. The van der Waals surface area contributed by atoms with Crippen molar-refractivity contribution in [3.63, 3.8) is 0 Å². The van der Waals surface area contributed by atoms with E-state index in [-0.39, 0.29) is 17.3 Å². The zero-order valence-corrected chi connectivity index (χ0v) is 18.7. The maximum absolute atomic E-state index is 13.0. The van der Waals surface area contributed by atoms with Crippen LogP contribution in [0, 0.1) is 12.8 Å². The topological polar surface area (TPSA) is 75.7 Å². The molecule has 1 aliphatic heterocycles. The van der Waals surface area contributed by atoms with Gasteiger partial charge in [-0.05, 0) is 68.3 Å². The molecule has 1 saturated heterocycles. The molecule has 1 amide bonds. The molecule has 1 atom stereocenters. The first-order valence-electron chi connectivity index (χ1n) is 10.6. The molecule has 0 radical (unpaired) electrons. The molecule has 166 valence electrons. The standard InChI is InChI=1S/C25H26N2O4S/c1-19-9-15-24(16-10-19)32(29,30)27-17-5-6-20(18-27)25(28)26-21-11-13-23(14-12-21)31-22-7-3-2-4-8-22/h2-4,7-16,20H,5-6,17-18H2,1H3,(H,26,28)/t20-/m0/s1. The predicted molar refractivity (Wildman–Crippen MR) is 124 cm³/mol. The lowest BCUT2D eigenvalue weighted by Crippen LogP contribution is -2.43. The predicted octanol–water partition coefficient (Wildman–Crippen LogP) is 4.83. The molecule has 1 fully saturated rings. The van der Waals surface area contributed by atoms with Gasteiger partial charge in [-0.1, -0.05) is 35.9 Å². The second-order valence-electron chi connectivity index (χ2n) is 7.94. The molecule has 0 aliphatic carbocycles. The Morgan fingerprint density at radius 1 is 0.938 bits per heavy atom. The SMILES string of the molecule is Cc1ccc(S(=O)(=O)N2CCC[C@H](C(=O)Nc3ccc(Oc4ccccc4)cc3)C2)cc1. The van der Waals surface area contributed by atoms with Crippen LogP contribution in [0.5, 0.6) is 11.5 Å². The van der Waals surface area contributed by atoms with Crippen LogP contribution >= 0.6 is 0 Å². The van der Waals surface area contributed by atoms with Gasteiger partial charge in [0, 0.05) is 18.8 Å². The number of amides is 1. The van der Waals surface area contributed by atoms with E-state index in [1.165, 1.54) is 4.31 Å². The van der Waals surface area contributed by atoms with E-state index in [1.807, 2.05) is 37.3 Å². The molecule has 7 heteroatoms. The van der Waals surface area contributed by atoms with Gasteiger partial charge in [0.25, 0.3) is 0 Å². The summed E-state index contributed by atoms with van der Waals surface area (Å²) in [5, 5.41) is 2.91. The number of nitrogens with zero attached hydrogens (tertiary/aromatic N) is 1. The smallest absolute Gasteiger partial charge is 0.243 e. The fourth-order valence-electron chi connectivity index (χ4n) is 3.71. The molecule has 0 saturated carbocycles. The summed E-state index contributed by atoms with van der Waals surface area (Å²) in [6.45, 7) is 2.51. The van der Waals surface area contributed by atoms with Gasteiger partial charge in [0.1, 0.15) is 11.5 Å². The van der Waals surface area contributed by atoms with Crippen molar-refractivity contribution in [3.8, 4) is 11.5 Å². The highest BCUT2D eigenvalue weighted by molar-refractivity contribution is 7.89. The fraction of sp³-hybridized carbons (Fsp3) is 0.240. The molecule has 0 bridgehead atoms. The molecule has 3 aromatic rings. The average Bonchev–Trinajstić information content (AvgIpc) is 2.81. The summed E-state index contributed by atoms with van der Waals surface area (Å²) in [5.41, 5.74) is 1.65. The fourth-order valence-corrected chi connectivity index (χ4v) is 5.23. The van der Waals surface area contributed by atoms with Crippen molar-refractivity contribution < 1.29 is 17.9 Å². The number of benzene rings is 3. The number of carbonyl (C=O) groups is 1. The number of rotatable bonds is 6. The molecule has 0 unspecified atom stereocenters. The zero-order chi connectivity index (χ0) is 22.6. The van der Waals surface area contributed by atoms with Gasteiger partial charge in [0.05, 0.1) is 10.8 Å². The zero-order valence-electron chi connectivity index (χ0n) is 17.9. The molecule has 0 spiro atoms. The Bertz CT molecular complexity index is 1160. The van der Waals surface area contributed by atoms with Crippen LogP contribution in [0.15, 0.2) is 83.8 Å². The highest BCUT2D eigenvalue weighted by Gasteiger charge is 2.33. The lowest BCUT2D eigenvalue weighted by Gasteiger charge is -2.31. The minimum absolute atomic E-state index is 0.175. The van der Waals surface area contributed by atoms with Crippen molar-refractivity contribution in [1.29, 1.82) is 0 Å². The highest BCUT2D eigenvalue weighted by Crippen LogP contribution is 2.26. The second kappa shape index (κ2) is 9.54. The summed E-state index contributed by atoms with van der Waals surface area (Å²) < 4.78 is 33.2. The number of piperidine rings is 1. The first-order chi connectivity index (χ1) is 15.4. The lowest BCUT2D eigenvalue weighted by molar-refractivity contribution is -0.120. The van der Waals surface area contributed by atoms with Gasteiger partial charge in [0.15, 0.2) is 0 Å². The van der Waals surface area contributed by atoms with E-state index in [2.05, 4.69) is 5.32 Å². The number of nitrogens with one attached hydrogen (secondary N) is 1. The van der Waals surface area contributed by atoms with Crippen LogP contribution in [0.2, 0.25) is 0 Å². The summed E-state index contributed by atoms with van der Waals surface area (Å²) in [6, 6.07) is 23.4. The van der Waals surface area contributed by atoms with Gasteiger partial charge in [0.2, 0.25) is 15.9 Å². The van der Waals surface area contributed by atoms with E-state index in [1.54, 1.807) is 48.5 Å². The first kappa shape index (κ1) is 22.0. The maximum Gasteiger partial charge on any atom is 0.243 e. The summed E-state index contributed by atoms with van der Waals surface area (Å²) in [5.74, 6) is 0.832. The molecule has 6 nitrogen and oxygen atoms in total. The molecule has 1 heterocycles. The van der Waals surface area contributed by atoms with Crippen molar-refractivity contribution in [2.45, 2.75) is 24.7 Å². The number of sulfonamides is 1. The molecule has 32 heavy (non-hydrogen) atoms. The number of aryl methyl sites for hydroxylation is 1. The van der Waals surface area contributed by atoms with Gasteiger partial charge < -0.3 is 10.1 Å².